The number of benzene rings is 2. The summed E-state index contributed by atoms with van der Waals surface area (Å²) in [6.45, 7) is 6.50. The molecule has 0 unspecified atom stereocenters. The van der Waals surface area contributed by atoms with Crippen LogP contribution in [-0.4, -0.2) is 13.6 Å². The van der Waals surface area contributed by atoms with Crippen LogP contribution in [0.3, 0.4) is 0 Å². The monoisotopic (exact) mass is 405 g/mol. The van der Waals surface area contributed by atoms with E-state index in [1.54, 1.807) is 0 Å². The van der Waals surface area contributed by atoms with Crippen LogP contribution in [0.1, 0.15) is 0 Å². The van der Waals surface area contributed by atoms with Crippen molar-refractivity contribution in [3.8, 4) is 11.1 Å². The van der Waals surface area contributed by atoms with E-state index in [0.717, 1.165) is 11.1 Å². The molecule has 0 aliphatic carbocycles. The number of carbonyl (C=O) groups excluding carboxylic acids is 2. The molecular formula is C14H10O2Pt. The van der Waals surface area contributed by atoms with Gasteiger partial charge in [-0.1, -0.05) is 0 Å². The van der Waals surface area contributed by atoms with Crippen molar-refractivity contribution in [2.24, 2.45) is 0 Å². The molecule has 0 heterocycles. The van der Waals surface area contributed by atoms with Gasteiger partial charge >= 0.3 is 21.1 Å². The minimum absolute atomic E-state index is 0. The van der Waals surface area contributed by atoms with Crippen LogP contribution in [-0.2, 0) is 30.7 Å². The van der Waals surface area contributed by atoms with Crippen molar-refractivity contribution in [3.05, 3.63) is 60.7 Å². The van der Waals surface area contributed by atoms with Crippen molar-refractivity contribution in [2.75, 3.05) is 0 Å². The number of rotatable bonds is 1. The van der Waals surface area contributed by atoms with E-state index in [1.807, 2.05) is 48.5 Å². The SMILES string of the molecule is [CH-]=O.[CH-]=O.[Pt+4].[c-]1ccccc1-c1[c-]cccc1. The molecular weight excluding hydrogens is 395 g/mol. The van der Waals surface area contributed by atoms with Crippen LogP contribution < -0.4 is 0 Å². The van der Waals surface area contributed by atoms with Crippen molar-refractivity contribution >= 4 is 13.6 Å². The molecule has 0 aromatic heterocycles. The molecule has 0 bridgehead atoms. The summed E-state index contributed by atoms with van der Waals surface area (Å²) in [7, 11) is 0. The Bertz CT molecular complexity index is 336. The fourth-order valence-corrected chi connectivity index (χ4v) is 1.12. The van der Waals surface area contributed by atoms with Gasteiger partial charge in [-0.2, -0.15) is 48.5 Å². The Hall–Kier alpha value is -1.53. The summed E-state index contributed by atoms with van der Waals surface area (Å²) < 4.78 is 0. The van der Waals surface area contributed by atoms with Crippen LogP contribution in [0.4, 0.5) is 0 Å². The van der Waals surface area contributed by atoms with Gasteiger partial charge in [0.25, 0.3) is 0 Å². The molecule has 88 valence electrons. The van der Waals surface area contributed by atoms with Crippen molar-refractivity contribution < 1.29 is 30.7 Å². The first-order valence-electron chi connectivity index (χ1n) is 4.38. The molecule has 0 radical (unpaired) electrons. The summed E-state index contributed by atoms with van der Waals surface area (Å²) in [4.78, 5) is 15.5. The third-order valence-corrected chi connectivity index (χ3v) is 1.71. The predicted octanol–water partition coefficient (Wildman–Crippen LogP) is 2.40. The molecule has 0 fully saturated rings. The van der Waals surface area contributed by atoms with Crippen LogP contribution in [0.2, 0.25) is 0 Å². The van der Waals surface area contributed by atoms with E-state index in [0.29, 0.717) is 0 Å². The van der Waals surface area contributed by atoms with Crippen molar-refractivity contribution in [3.63, 3.8) is 0 Å². The first kappa shape index (κ1) is 17.9. The number of hydrogen-bond acceptors (Lipinski definition) is 2. The van der Waals surface area contributed by atoms with Gasteiger partial charge in [0.05, 0.1) is 0 Å². The topological polar surface area (TPSA) is 34.1 Å². The zero-order valence-electron chi connectivity index (χ0n) is 8.91. The van der Waals surface area contributed by atoms with Crippen LogP contribution in [0.25, 0.3) is 11.1 Å². The molecule has 0 spiro atoms. The minimum Gasteiger partial charge on any atom is -0.545 e. The molecule has 2 rings (SSSR count). The van der Waals surface area contributed by atoms with Crippen LogP contribution in [0.15, 0.2) is 48.5 Å². The summed E-state index contributed by atoms with van der Waals surface area (Å²) in [6, 6.07) is 22.1. The van der Waals surface area contributed by atoms with Gasteiger partial charge in [0.1, 0.15) is 0 Å². The smallest absolute Gasteiger partial charge is 0.545 e. The van der Waals surface area contributed by atoms with Gasteiger partial charge in [-0.25, -0.2) is 11.1 Å². The van der Waals surface area contributed by atoms with Crippen LogP contribution in [0, 0.1) is 12.1 Å². The third kappa shape index (κ3) is 6.59. The second-order valence-corrected chi connectivity index (χ2v) is 2.55. The van der Waals surface area contributed by atoms with Crippen molar-refractivity contribution in [1.82, 2.24) is 0 Å². The van der Waals surface area contributed by atoms with E-state index in [-0.39, 0.29) is 21.1 Å². The number of hydrogen-bond donors (Lipinski definition) is 0. The van der Waals surface area contributed by atoms with Gasteiger partial charge in [0.15, 0.2) is 0 Å². The molecule has 0 N–H and O–H groups in total. The van der Waals surface area contributed by atoms with E-state index in [2.05, 4.69) is 25.7 Å². The zero-order valence-corrected chi connectivity index (χ0v) is 11.2. The Morgan fingerprint density at radius 3 is 1.29 bits per heavy atom. The average molecular weight is 405 g/mol. The molecule has 3 heteroatoms. The van der Waals surface area contributed by atoms with Crippen LogP contribution in [0.5, 0.6) is 0 Å². The van der Waals surface area contributed by atoms with Gasteiger partial charge in [-0.3, -0.25) is 13.6 Å². The Morgan fingerprint density at radius 2 is 1.06 bits per heavy atom. The molecule has 0 aliphatic rings. The average Bonchev–Trinajstić information content (AvgIpc) is 2.45. The summed E-state index contributed by atoms with van der Waals surface area (Å²) in [5, 5.41) is 0. The maximum absolute atomic E-state index is 7.75. The van der Waals surface area contributed by atoms with Crippen molar-refractivity contribution in [1.29, 1.82) is 0 Å². The molecule has 0 aliphatic heterocycles. The summed E-state index contributed by atoms with van der Waals surface area (Å²) in [6.07, 6.45) is 0. The van der Waals surface area contributed by atoms with E-state index < -0.39 is 0 Å². The summed E-state index contributed by atoms with van der Waals surface area (Å²) >= 11 is 0. The quantitative estimate of drug-likeness (QED) is 0.540. The van der Waals surface area contributed by atoms with Crippen molar-refractivity contribution in [2.45, 2.75) is 0 Å². The third-order valence-electron chi connectivity index (χ3n) is 1.71. The second-order valence-electron chi connectivity index (χ2n) is 2.55. The summed E-state index contributed by atoms with van der Waals surface area (Å²) in [5.41, 5.74) is 2.19. The fraction of sp³-hybridized carbons (Fsp3) is 0. The van der Waals surface area contributed by atoms with Gasteiger partial charge < -0.3 is 9.59 Å². The Balaban J connectivity index is 0. The molecule has 0 saturated carbocycles. The maximum Gasteiger partial charge on any atom is 4.00 e. The Labute approximate surface area is 116 Å². The van der Waals surface area contributed by atoms with E-state index in [9.17, 15) is 0 Å². The summed E-state index contributed by atoms with van der Waals surface area (Å²) in [5.74, 6) is 0. The van der Waals surface area contributed by atoms with E-state index in [4.69, 9.17) is 9.59 Å². The standard InChI is InChI=1S/C12H8.2CHO.Pt/c1-3-7-11(8-4-1)12-9-5-2-6-10-12;2*1-2;/h1-7,9H;2*1H;/q-2;2*-1;+4. The molecule has 2 nitrogen and oxygen atoms in total. The largest absolute Gasteiger partial charge is 4.00 e. The predicted molar refractivity (Wildman–Crippen MR) is 63.1 cm³/mol. The van der Waals surface area contributed by atoms with E-state index >= 15 is 0 Å². The molecule has 17 heavy (non-hydrogen) atoms. The first-order valence-corrected chi connectivity index (χ1v) is 4.38. The molecule has 0 atom stereocenters. The molecule has 0 saturated heterocycles. The Kier molecular flexibility index (Phi) is 13.2. The minimum atomic E-state index is 0. The molecule has 0 amide bonds. The normalized spacial score (nSPS) is 7.29. The Morgan fingerprint density at radius 1 is 0.706 bits per heavy atom. The fourth-order valence-electron chi connectivity index (χ4n) is 1.12. The zero-order chi connectivity index (χ0) is 12.2. The van der Waals surface area contributed by atoms with Gasteiger partial charge in [0.2, 0.25) is 0 Å². The molecule has 2 aromatic rings. The van der Waals surface area contributed by atoms with Gasteiger partial charge in [-0.05, 0) is 0 Å². The molecule has 2 aromatic carbocycles. The second kappa shape index (κ2) is 12.5. The van der Waals surface area contributed by atoms with Gasteiger partial charge in [-0.15, -0.1) is 12.1 Å². The van der Waals surface area contributed by atoms with Gasteiger partial charge in [0, 0.05) is 0 Å². The van der Waals surface area contributed by atoms with E-state index in [1.165, 1.54) is 0 Å². The van der Waals surface area contributed by atoms with Crippen LogP contribution >= 0.6 is 0 Å². The first-order chi connectivity index (χ1) is 7.97. The maximum atomic E-state index is 7.75.